The number of nitrogens with one attached hydrogen (secondary N) is 1. The summed E-state index contributed by atoms with van der Waals surface area (Å²) >= 11 is 8.68. The van der Waals surface area contributed by atoms with Gasteiger partial charge < -0.3 is 0 Å². The van der Waals surface area contributed by atoms with Gasteiger partial charge in [-0.05, 0) is 54.3 Å². The Morgan fingerprint density at radius 2 is 1.79 bits per heavy atom. The van der Waals surface area contributed by atoms with Crippen molar-refractivity contribution in [2.24, 2.45) is 0 Å². The summed E-state index contributed by atoms with van der Waals surface area (Å²) in [7, 11) is -2.29. The fraction of sp³-hybridized carbons (Fsp3) is 0.167. The summed E-state index contributed by atoms with van der Waals surface area (Å²) < 4.78 is 27.4. The van der Waals surface area contributed by atoms with Gasteiger partial charge in [-0.3, -0.25) is 14.4 Å². The Balaban J connectivity index is 1.73. The second kappa shape index (κ2) is 9.12. The third kappa shape index (κ3) is 5.08. The van der Waals surface area contributed by atoms with E-state index in [9.17, 15) is 13.2 Å². The van der Waals surface area contributed by atoms with E-state index in [-0.39, 0.29) is 10.8 Å². The third-order valence-electron chi connectivity index (χ3n) is 3.86. The van der Waals surface area contributed by atoms with Crippen LogP contribution in [0.3, 0.4) is 0 Å². The molecule has 3 rings (SSSR count). The van der Waals surface area contributed by atoms with E-state index >= 15 is 0 Å². The number of hydrogen-bond donors (Lipinski definition) is 1. The van der Waals surface area contributed by atoms with Crippen molar-refractivity contribution in [3.8, 4) is 0 Å². The van der Waals surface area contributed by atoms with Crippen LogP contribution >= 0.6 is 34.7 Å². The molecule has 1 aromatic heterocycles. The molecule has 0 unspecified atom stereocenters. The van der Waals surface area contributed by atoms with Crippen molar-refractivity contribution in [1.29, 1.82) is 0 Å². The van der Waals surface area contributed by atoms with Gasteiger partial charge in [0.1, 0.15) is 0 Å². The molecule has 0 bridgehead atoms. The predicted molar refractivity (Wildman–Crippen MR) is 118 cm³/mol. The molecule has 3 aromatic rings. The van der Waals surface area contributed by atoms with E-state index in [0.717, 1.165) is 14.4 Å². The lowest BCUT2D eigenvalue weighted by Crippen LogP contribution is -2.26. The van der Waals surface area contributed by atoms with E-state index in [2.05, 4.69) is 15.5 Å². The molecule has 0 aliphatic rings. The summed E-state index contributed by atoms with van der Waals surface area (Å²) in [5.41, 5.74) is 0.806. The SMILES string of the molecule is CCSc1nnc(NC(=O)c2ccc(N(C)S(=O)(=O)c3ccc(Cl)cc3)cc2)s1. The molecular formula is C18H17ClN4O3S3. The van der Waals surface area contributed by atoms with Crippen LogP contribution in [0.2, 0.25) is 5.02 Å². The first-order chi connectivity index (χ1) is 13.8. The number of thioether (sulfide) groups is 1. The summed E-state index contributed by atoms with van der Waals surface area (Å²) in [5.74, 6) is 0.528. The van der Waals surface area contributed by atoms with Crippen LogP contribution in [0.4, 0.5) is 10.8 Å². The molecule has 11 heteroatoms. The Kier molecular flexibility index (Phi) is 6.78. The minimum Gasteiger partial charge on any atom is -0.296 e. The van der Waals surface area contributed by atoms with Crippen LogP contribution in [-0.4, -0.2) is 37.3 Å². The van der Waals surface area contributed by atoms with Gasteiger partial charge in [-0.2, -0.15) is 0 Å². The molecule has 1 heterocycles. The highest BCUT2D eigenvalue weighted by Crippen LogP contribution is 2.26. The zero-order valence-corrected chi connectivity index (χ0v) is 18.7. The maximum Gasteiger partial charge on any atom is 0.264 e. The van der Waals surface area contributed by atoms with E-state index in [0.29, 0.717) is 21.4 Å². The first kappa shape index (κ1) is 21.6. The van der Waals surface area contributed by atoms with Crippen molar-refractivity contribution in [2.45, 2.75) is 16.2 Å². The molecule has 0 spiro atoms. The fourth-order valence-corrected chi connectivity index (χ4v) is 5.30. The molecule has 0 fully saturated rings. The van der Waals surface area contributed by atoms with Gasteiger partial charge in [0.2, 0.25) is 5.13 Å². The molecule has 7 nitrogen and oxygen atoms in total. The molecule has 0 aliphatic heterocycles. The zero-order valence-electron chi connectivity index (χ0n) is 15.5. The van der Waals surface area contributed by atoms with Crippen LogP contribution < -0.4 is 9.62 Å². The van der Waals surface area contributed by atoms with Crippen molar-refractivity contribution < 1.29 is 13.2 Å². The highest BCUT2D eigenvalue weighted by molar-refractivity contribution is 8.01. The first-order valence-electron chi connectivity index (χ1n) is 8.43. The summed E-state index contributed by atoms with van der Waals surface area (Å²) in [6.07, 6.45) is 0. The standard InChI is InChI=1S/C18H17ClN4O3S3/c1-3-27-18-22-21-17(28-18)20-16(24)12-4-8-14(9-5-12)23(2)29(25,26)15-10-6-13(19)7-11-15/h4-11H,3H2,1-2H3,(H,20,21,24). The maximum absolute atomic E-state index is 12.7. The van der Waals surface area contributed by atoms with E-state index in [1.165, 1.54) is 42.6 Å². The Labute approximate surface area is 182 Å². The molecule has 0 saturated heterocycles. The number of aromatic nitrogens is 2. The molecule has 0 aliphatic carbocycles. The van der Waals surface area contributed by atoms with E-state index in [4.69, 9.17) is 11.6 Å². The van der Waals surface area contributed by atoms with Crippen molar-refractivity contribution in [3.63, 3.8) is 0 Å². The Bertz CT molecular complexity index is 1100. The van der Waals surface area contributed by atoms with Crippen molar-refractivity contribution in [2.75, 3.05) is 22.4 Å². The van der Waals surface area contributed by atoms with E-state index in [1.54, 1.807) is 36.0 Å². The Hall–Kier alpha value is -2.14. The topological polar surface area (TPSA) is 92.3 Å². The summed E-state index contributed by atoms with van der Waals surface area (Å²) in [6.45, 7) is 2.01. The number of amides is 1. The number of rotatable bonds is 7. The van der Waals surface area contributed by atoms with Crippen molar-refractivity contribution in [3.05, 3.63) is 59.1 Å². The fourth-order valence-electron chi connectivity index (χ4n) is 2.34. The van der Waals surface area contributed by atoms with Crippen LogP contribution in [-0.2, 0) is 10.0 Å². The lowest BCUT2D eigenvalue weighted by molar-refractivity contribution is 0.102. The molecule has 0 atom stereocenters. The molecule has 29 heavy (non-hydrogen) atoms. The van der Waals surface area contributed by atoms with Crippen molar-refractivity contribution >= 4 is 61.4 Å². The van der Waals surface area contributed by atoms with E-state index in [1.807, 2.05) is 6.92 Å². The molecule has 0 saturated carbocycles. The molecule has 0 radical (unpaired) electrons. The monoisotopic (exact) mass is 468 g/mol. The predicted octanol–water partition coefficient (Wildman–Crippen LogP) is 4.38. The highest BCUT2D eigenvalue weighted by Gasteiger charge is 2.21. The van der Waals surface area contributed by atoms with Gasteiger partial charge in [0.15, 0.2) is 4.34 Å². The summed E-state index contributed by atoms with van der Waals surface area (Å²) in [5, 5.41) is 11.5. The van der Waals surface area contributed by atoms with Crippen molar-refractivity contribution in [1.82, 2.24) is 10.2 Å². The number of carbonyl (C=O) groups is 1. The number of hydrogen-bond acceptors (Lipinski definition) is 7. The average molecular weight is 469 g/mol. The number of anilines is 2. The first-order valence-corrected chi connectivity index (χ1v) is 12.1. The third-order valence-corrected chi connectivity index (χ3v) is 7.77. The van der Waals surface area contributed by atoms with Gasteiger partial charge in [0, 0.05) is 17.6 Å². The van der Waals surface area contributed by atoms with Crippen LogP contribution in [0.25, 0.3) is 0 Å². The van der Waals surface area contributed by atoms with Crippen LogP contribution in [0, 0.1) is 0 Å². The average Bonchev–Trinajstić information content (AvgIpc) is 3.15. The van der Waals surface area contributed by atoms with Gasteiger partial charge in [-0.1, -0.05) is 41.6 Å². The number of carbonyl (C=O) groups excluding carboxylic acids is 1. The largest absolute Gasteiger partial charge is 0.296 e. The number of halogens is 1. The second-order valence-electron chi connectivity index (χ2n) is 5.73. The van der Waals surface area contributed by atoms with Gasteiger partial charge in [-0.25, -0.2) is 8.42 Å². The molecular weight excluding hydrogens is 452 g/mol. The number of sulfonamides is 1. The minimum absolute atomic E-state index is 0.128. The Morgan fingerprint density at radius 1 is 1.14 bits per heavy atom. The number of nitrogens with zero attached hydrogens (tertiary/aromatic N) is 3. The van der Waals surface area contributed by atoms with Gasteiger partial charge in [-0.15, -0.1) is 10.2 Å². The van der Waals surface area contributed by atoms with Crippen LogP contribution in [0.5, 0.6) is 0 Å². The van der Waals surface area contributed by atoms with Crippen LogP contribution in [0.1, 0.15) is 17.3 Å². The smallest absolute Gasteiger partial charge is 0.264 e. The lowest BCUT2D eigenvalue weighted by Gasteiger charge is -2.19. The molecule has 2 aromatic carbocycles. The molecule has 1 amide bonds. The van der Waals surface area contributed by atoms with Gasteiger partial charge >= 0.3 is 0 Å². The summed E-state index contributed by atoms with van der Waals surface area (Å²) in [4.78, 5) is 12.5. The normalized spacial score (nSPS) is 11.3. The van der Waals surface area contributed by atoms with Crippen LogP contribution in [0.15, 0.2) is 57.8 Å². The number of benzene rings is 2. The Morgan fingerprint density at radius 3 is 2.41 bits per heavy atom. The highest BCUT2D eigenvalue weighted by atomic mass is 35.5. The van der Waals surface area contributed by atoms with E-state index < -0.39 is 10.0 Å². The molecule has 152 valence electrons. The summed E-state index contributed by atoms with van der Waals surface area (Å²) in [6, 6.07) is 12.2. The minimum atomic E-state index is -3.74. The second-order valence-corrected chi connectivity index (χ2v) is 10.6. The molecule has 1 N–H and O–H groups in total. The zero-order chi connectivity index (χ0) is 21.0. The lowest BCUT2D eigenvalue weighted by atomic mass is 10.2. The van der Waals surface area contributed by atoms with Gasteiger partial charge in [0.05, 0.1) is 10.6 Å². The van der Waals surface area contributed by atoms with Gasteiger partial charge in [0.25, 0.3) is 15.9 Å². The quantitative estimate of drug-likeness (QED) is 0.408. The maximum atomic E-state index is 12.7.